The van der Waals surface area contributed by atoms with Crippen LogP contribution in [0, 0.1) is 31.3 Å². The Bertz CT molecular complexity index is 3150. The Morgan fingerprint density at radius 2 is 1.18 bits per heavy atom. The van der Waals surface area contributed by atoms with Gasteiger partial charge in [0.05, 0.1) is 68.0 Å². The number of piperidine rings is 2. The molecule has 336 valence electrons. The van der Waals surface area contributed by atoms with Crippen LogP contribution < -0.4 is 21.3 Å². The van der Waals surface area contributed by atoms with Crippen LogP contribution in [0.25, 0.3) is 55.9 Å². The van der Waals surface area contributed by atoms with E-state index in [0.29, 0.717) is 50.9 Å². The topological polar surface area (TPSA) is 174 Å². The molecule has 12 rings (SSSR count). The Balaban J connectivity index is 0.000000131. The van der Waals surface area contributed by atoms with Crippen LogP contribution in [0.5, 0.6) is 0 Å². The fourth-order valence-corrected chi connectivity index (χ4v) is 10.4. The number of piperazine rings is 2. The minimum Gasteiger partial charge on any atom is -0.369 e. The fraction of sp³-hybridized carbons (Fsp3) is 0.417. The van der Waals surface area contributed by atoms with Gasteiger partial charge in [-0.2, -0.15) is 10.2 Å². The summed E-state index contributed by atoms with van der Waals surface area (Å²) in [6, 6.07) is 17.0. The SMILES string of the molecule is C1CCN2CCNCC2C1.Cc1cn2nc(-c3nc4ccc(I)cc4c(=O)[nH]3)cc2c(C)n1.Cc1cn2nc(-c3nc4ccc(N5CCN6CCCCC6C5)cc4c(=O)[nH]3)cc2c(C)n1. The average molecular weight is 987 g/mol. The molecule has 4 fully saturated rings. The minimum absolute atomic E-state index is 0.133. The average Bonchev–Trinajstić information content (AvgIpc) is 3.95. The highest BCUT2D eigenvalue weighted by atomic mass is 127. The number of anilines is 1. The second kappa shape index (κ2) is 18.3. The summed E-state index contributed by atoms with van der Waals surface area (Å²) < 4.78 is 4.57. The number of H-pyrrole nitrogens is 2. The maximum atomic E-state index is 13.0. The zero-order valence-electron chi connectivity index (χ0n) is 37.4. The van der Waals surface area contributed by atoms with Crippen LogP contribution in [-0.4, -0.2) is 123 Å². The van der Waals surface area contributed by atoms with E-state index in [2.05, 4.69) is 83.8 Å². The van der Waals surface area contributed by atoms with Crippen LogP contribution in [0.4, 0.5) is 5.69 Å². The molecule has 4 saturated heterocycles. The van der Waals surface area contributed by atoms with Gasteiger partial charge in [0.1, 0.15) is 11.4 Å². The lowest BCUT2D eigenvalue weighted by Gasteiger charge is -2.45. The number of rotatable bonds is 3. The maximum Gasteiger partial charge on any atom is 0.259 e. The summed E-state index contributed by atoms with van der Waals surface area (Å²) >= 11 is 2.18. The van der Waals surface area contributed by atoms with Crippen molar-refractivity contribution in [3.63, 3.8) is 0 Å². The van der Waals surface area contributed by atoms with Crippen molar-refractivity contribution in [3.05, 3.63) is 108 Å². The quantitative estimate of drug-likeness (QED) is 0.171. The Morgan fingerprint density at radius 3 is 1.80 bits per heavy atom. The molecule has 0 spiro atoms. The molecule has 0 saturated carbocycles. The monoisotopic (exact) mass is 986 g/mol. The van der Waals surface area contributed by atoms with Crippen molar-refractivity contribution < 1.29 is 0 Å². The van der Waals surface area contributed by atoms with Crippen molar-refractivity contribution in [1.29, 1.82) is 0 Å². The number of nitrogens with one attached hydrogen (secondary N) is 3. The molecule has 3 N–H and O–H groups in total. The summed E-state index contributed by atoms with van der Waals surface area (Å²) in [6.07, 6.45) is 11.9. The van der Waals surface area contributed by atoms with E-state index in [1.54, 1.807) is 9.03 Å². The smallest absolute Gasteiger partial charge is 0.259 e. The highest BCUT2D eigenvalue weighted by Gasteiger charge is 2.29. The molecule has 2 atom stereocenters. The Kier molecular flexibility index (Phi) is 12.2. The zero-order valence-corrected chi connectivity index (χ0v) is 39.6. The van der Waals surface area contributed by atoms with Gasteiger partial charge in [-0.15, -0.1) is 0 Å². The summed E-state index contributed by atoms with van der Waals surface area (Å²) in [4.78, 5) is 57.0. The minimum atomic E-state index is -0.161. The summed E-state index contributed by atoms with van der Waals surface area (Å²) in [5, 5.41) is 13.8. The molecule has 4 aliphatic rings. The molecule has 10 heterocycles. The lowest BCUT2D eigenvalue weighted by Crippen LogP contribution is -2.54. The van der Waals surface area contributed by atoms with Gasteiger partial charge in [-0.1, -0.05) is 12.8 Å². The van der Waals surface area contributed by atoms with E-state index >= 15 is 0 Å². The summed E-state index contributed by atoms with van der Waals surface area (Å²) in [5.41, 5.74) is 8.79. The number of aromatic amines is 2. The highest BCUT2D eigenvalue weighted by Crippen LogP contribution is 2.28. The van der Waals surface area contributed by atoms with Crippen molar-refractivity contribution in [1.82, 2.24) is 64.2 Å². The van der Waals surface area contributed by atoms with Gasteiger partial charge in [0.25, 0.3) is 11.1 Å². The molecule has 65 heavy (non-hydrogen) atoms. The summed E-state index contributed by atoms with van der Waals surface area (Å²) in [5.74, 6) is 0.941. The first-order chi connectivity index (χ1) is 31.5. The largest absolute Gasteiger partial charge is 0.369 e. The molecule has 17 heteroatoms. The van der Waals surface area contributed by atoms with Crippen LogP contribution in [-0.2, 0) is 0 Å². The van der Waals surface area contributed by atoms with E-state index in [1.165, 1.54) is 71.2 Å². The highest BCUT2D eigenvalue weighted by molar-refractivity contribution is 14.1. The third kappa shape index (κ3) is 9.15. The molecule has 0 aliphatic carbocycles. The van der Waals surface area contributed by atoms with Crippen molar-refractivity contribution in [3.8, 4) is 23.0 Å². The van der Waals surface area contributed by atoms with E-state index in [0.717, 1.165) is 68.7 Å². The first-order valence-corrected chi connectivity index (χ1v) is 24.0. The second-order valence-electron chi connectivity index (χ2n) is 17.9. The van der Waals surface area contributed by atoms with Crippen molar-refractivity contribution in [2.45, 2.75) is 78.3 Å². The molecule has 6 aromatic heterocycles. The summed E-state index contributed by atoms with van der Waals surface area (Å²) in [6.45, 7) is 17.2. The van der Waals surface area contributed by atoms with Gasteiger partial charge in [-0.3, -0.25) is 29.4 Å². The van der Waals surface area contributed by atoms with Crippen LogP contribution in [0.15, 0.2) is 70.5 Å². The predicted octanol–water partition coefficient (Wildman–Crippen LogP) is 6.22. The van der Waals surface area contributed by atoms with E-state index in [-0.39, 0.29) is 11.1 Å². The van der Waals surface area contributed by atoms with Crippen molar-refractivity contribution in [2.24, 2.45) is 0 Å². The lowest BCUT2D eigenvalue weighted by atomic mass is 9.99. The molecular weight excluding hydrogens is 932 g/mol. The van der Waals surface area contributed by atoms with E-state index in [4.69, 9.17) is 4.98 Å². The molecule has 2 unspecified atom stereocenters. The molecule has 16 nitrogen and oxygen atoms in total. The lowest BCUT2D eigenvalue weighted by molar-refractivity contribution is 0.121. The molecule has 0 amide bonds. The van der Waals surface area contributed by atoms with Crippen LogP contribution in [0.2, 0.25) is 0 Å². The number of aryl methyl sites for hydroxylation is 4. The standard InChI is InChI=1S/C24H27N7O.C16H12IN5O.C8H16N2/c1-15-13-31-22(16(2)25-15)12-21(28-31)23-26-20-7-6-17(11-19(20)24(32)27-23)30-10-9-29-8-4-3-5-18(29)14-30;1-8-7-22-14(9(2)18-8)6-13(21-22)15-19-12-4-3-10(17)5-11(12)16(23)20-15;1-2-5-10-6-4-9-7-8(10)3-1/h6-7,11-13,18H,3-5,8-10,14H2,1-2H3,(H,26,27,32);3-7H,1-2H3,(H,19,20,23);8-9H,1-7H2. The van der Waals surface area contributed by atoms with Gasteiger partial charge in [0, 0.05) is 60.6 Å². The third-order valence-electron chi connectivity index (χ3n) is 13.3. The number of hydrogen-bond acceptors (Lipinski definition) is 12. The summed E-state index contributed by atoms with van der Waals surface area (Å²) in [7, 11) is 0. The first kappa shape index (κ1) is 43.3. The Labute approximate surface area is 390 Å². The third-order valence-corrected chi connectivity index (χ3v) is 13.9. The first-order valence-electron chi connectivity index (χ1n) is 22.9. The number of hydrogen-bond donors (Lipinski definition) is 3. The van der Waals surface area contributed by atoms with Gasteiger partial charge in [0.2, 0.25) is 0 Å². The van der Waals surface area contributed by atoms with Crippen molar-refractivity contribution in [2.75, 3.05) is 57.3 Å². The molecule has 8 aromatic rings. The van der Waals surface area contributed by atoms with Crippen LogP contribution >= 0.6 is 22.6 Å². The van der Waals surface area contributed by atoms with Crippen molar-refractivity contribution >= 4 is 61.1 Å². The Morgan fingerprint density at radius 1 is 0.615 bits per heavy atom. The predicted molar refractivity (Wildman–Crippen MR) is 264 cm³/mol. The molecule has 0 radical (unpaired) electrons. The van der Waals surface area contributed by atoms with Gasteiger partial charge in [0.15, 0.2) is 11.6 Å². The van der Waals surface area contributed by atoms with E-state index in [9.17, 15) is 9.59 Å². The number of benzene rings is 2. The second-order valence-corrected chi connectivity index (χ2v) is 19.1. The van der Waals surface area contributed by atoms with Crippen LogP contribution in [0.1, 0.15) is 61.3 Å². The molecule has 4 aliphatic heterocycles. The van der Waals surface area contributed by atoms with Crippen LogP contribution in [0.3, 0.4) is 0 Å². The Hall–Kier alpha value is -5.63. The zero-order chi connectivity index (χ0) is 44.8. The number of aromatic nitrogens is 10. The molecular formula is C48H55IN14O2. The number of nitrogens with zero attached hydrogens (tertiary/aromatic N) is 11. The fourth-order valence-electron chi connectivity index (χ4n) is 9.96. The van der Waals surface area contributed by atoms with Gasteiger partial charge in [-0.05, 0) is 138 Å². The van der Waals surface area contributed by atoms with E-state index < -0.39 is 0 Å². The maximum absolute atomic E-state index is 13.0. The normalized spacial score (nSPS) is 19.1. The number of fused-ring (bicyclic) bond motifs is 6. The van der Waals surface area contributed by atoms with Gasteiger partial charge in [-0.25, -0.2) is 19.0 Å². The van der Waals surface area contributed by atoms with E-state index in [1.807, 2.05) is 82.6 Å². The molecule has 0 bridgehead atoms. The number of halogens is 1. The molecule has 2 aromatic carbocycles. The van der Waals surface area contributed by atoms with Gasteiger partial charge < -0.3 is 20.2 Å². The van der Waals surface area contributed by atoms with Gasteiger partial charge >= 0.3 is 0 Å².